The van der Waals surface area contributed by atoms with Gasteiger partial charge in [-0.1, -0.05) is 49.6 Å². The Labute approximate surface area is 203 Å². The summed E-state index contributed by atoms with van der Waals surface area (Å²) in [6, 6.07) is -1.44. The summed E-state index contributed by atoms with van der Waals surface area (Å²) in [5.41, 5.74) is -0.949. The standard InChI is InChI=1S/C25H30ClNO7/c1-7-13(2)10-14(3)8-9-17-11-18-19(12-27(17)21(15(4)28)24(32)33)22(30)25(6,34-16(5)29)23(31)20(18)26/h8-13,15,21,28H,7H2,1-6H3,(H,32,33)/b9-8+,14-10+/t13-,15+,21-,25+/m0/s1. The zero-order valence-corrected chi connectivity index (χ0v) is 20.8. The van der Waals surface area contributed by atoms with Gasteiger partial charge in [0.05, 0.1) is 11.1 Å². The van der Waals surface area contributed by atoms with Crippen molar-refractivity contribution in [2.75, 3.05) is 0 Å². The van der Waals surface area contributed by atoms with Crippen molar-refractivity contribution in [1.82, 2.24) is 4.90 Å². The number of halogens is 1. The third-order valence-corrected chi connectivity index (χ3v) is 6.14. The van der Waals surface area contributed by atoms with Crippen LogP contribution in [0.1, 0.15) is 48.0 Å². The fourth-order valence-corrected chi connectivity index (χ4v) is 4.13. The van der Waals surface area contributed by atoms with Gasteiger partial charge in [-0.25, -0.2) is 4.79 Å². The minimum Gasteiger partial charge on any atom is -0.480 e. The Bertz CT molecular complexity index is 1060. The van der Waals surface area contributed by atoms with Gasteiger partial charge >= 0.3 is 11.9 Å². The molecule has 0 aromatic carbocycles. The molecule has 2 N–H and O–H groups in total. The highest BCUT2D eigenvalue weighted by molar-refractivity contribution is 6.49. The van der Waals surface area contributed by atoms with Gasteiger partial charge in [0.15, 0.2) is 6.04 Å². The average molecular weight is 492 g/mol. The maximum absolute atomic E-state index is 13.3. The number of aliphatic hydroxyl groups excluding tert-OH is 1. The Hall–Kier alpha value is -2.97. The lowest BCUT2D eigenvalue weighted by molar-refractivity contribution is -0.167. The molecule has 0 radical (unpaired) electrons. The van der Waals surface area contributed by atoms with Crippen molar-refractivity contribution in [2.24, 2.45) is 5.92 Å². The normalized spacial score (nSPS) is 23.9. The summed E-state index contributed by atoms with van der Waals surface area (Å²) in [6.45, 7) is 9.55. The number of carboxylic acid groups (broad SMARTS) is 1. The first-order valence-electron chi connectivity index (χ1n) is 10.9. The molecule has 184 valence electrons. The van der Waals surface area contributed by atoms with Crippen molar-refractivity contribution < 1.29 is 34.1 Å². The number of Topliss-reactive ketones (excluding diaryl/α,β-unsaturated/α-hetero) is 2. The van der Waals surface area contributed by atoms with Crippen molar-refractivity contribution in [3.8, 4) is 0 Å². The summed E-state index contributed by atoms with van der Waals surface area (Å²) >= 11 is 6.32. The average Bonchev–Trinajstić information content (AvgIpc) is 2.74. The van der Waals surface area contributed by atoms with Crippen LogP contribution in [0, 0.1) is 5.92 Å². The first-order chi connectivity index (χ1) is 15.7. The Morgan fingerprint density at radius 1 is 1.24 bits per heavy atom. The number of hydrogen-bond acceptors (Lipinski definition) is 7. The molecule has 2 rings (SSSR count). The monoisotopic (exact) mass is 491 g/mol. The number of esters is 1. The molecular weight excluding hydrogens is 462 g/mol. The van der Waals surface area contributed by atoms with Gasteiger partial charge in [0.2, 0.25) is 17.2 Å². The van der Waals surface area contributed by atoms with Crippen LogP contribution in [0.25, 0.3) is 0 Å². The predicted molar refractivity (Wildman–Crippen MR) is 127 cm³/mol. The van der Waals surface area contributed by atoms with E-state index in [-0.39, 0.29) is 16.2 Å². The predicted octanol–water partition coefficient (Wildman–Crippen LogP) is 3.42. The summed E-state index contributed by atoms with van der Waals surface area (Å²) in [7, 11) is 0. The molecule has 9 heteroatoms. The lowest BCUT2D eigenvalue weighted by atomic mass is 9.79. The van der Waals surface area contributed by atoms with E-state index in [4.69, 9.17) is 16.3 Å². The van der Waals surface area contributed by atoms with Gasteiger partial charge in [-0.15, -0.1) is 0 Å². The number of nitrogens with zero attached hydrogens (tertiary/aromatic N) is 1. The van der Waals surface area contributed by atoms with Gasteiger partial charge in [0, 0.05) is 30.0 Å². The van der Waals surface area contributed by atoms with Crippen LogP contribution >= 0.6 is 11.6 Å². The smallest absolute Gasteiger partial charge is 0.329 e. The molecule has 0 aromatic heterocycles. The molecule has 0 unspecified atom stereocenters. The molecule has 1 aliphatic carbocycles. The van der Waals surface area contributed by atoms with Crippen LogP contribution in [-0.2, 0) is 23.9 Å². The zero-order valence-electron chi connectivity index (χ0n) is 20.1. The molecule has 2 aliphatic rings. The number of ketones is 2. The number of rotatable bonds is 8. The number of carbonyl (C=O) groups excluding carboxylic acids is 3. The molecule has 0 fully saturated rings. The third-order valence-electron chi connectivity index (χ3n) is 5.76. The summed E-state index contributed by atoms with van der Waals surface area (Å²) in [4.78, 5) is 51.0. The molecule has 0 aromatic rings. The number of allylic oxidation sites excluding steroid dienone is 6. The quantitative estimate of drug-likeness (QED) is 0.301. The summed E-state index contributed by atoms with van der Waals surface area (Å²) in [5, 5.41) is 19.7. The Morgan fingerprint density at radius 3 is 2.35 bits per heavy atom. The summed E-state index contributed by atoms with van der Waals surface area (Å²) in [5.74, 6) is -3.53. The highest BCUT2D eigenvalue weighted by Gasteiger charge is 2.52. The highest BCUT2D eigenvalue weighted by atomic mass is 35.5. The van der Waals surface area contributed by atoms with E-state index in [1.807, 2.05) is 6.92 Å². The van der Waals surface area contributed by atoms with Crippen molar-refractivity contribution >= 4 is 35.1 Å². The van der Waals surface area contributed by atoms with Crippen molar-refractivity contribution in [3.05, 3.63) is 58.0 Å². The molecule has 0 saturated heterocycles. The lowest BCUT2D eigenvalue weighted by Crippen LogP contribution is -2.53. The van der Waals surface area contributed by atoms with E-state index in [2.05, 4.69) is 19.9 Å². The second kappa shape index (κ2) is 10.5. The number of fused-ring (bicyclic) bond motifs is 1. The van der Waals surface area contributed by atoms with Gasteiger partial charge in [-0.3, -0.25) is 14.4 Å². The van der Waals surface area contributed by atoms with E-state index in [9.17, 15) is 29.4 Å². The Balaban J connectivity index is 2.71. The minimum atomic E-state index is -2.18. The summed E-state index contributed by atoms with van der Waals surface area (Å²) in [6.07, 6.45) is 7.74. The number of ether oxygens (including phenoxy) is 1. The molecule has 1 heterocycles. The first kappa shape index (κ1) is 27.3. The number of aliphatic hydroxyl groups is 1. The number of carbonyl (C=O) groups is 4. The highest BCUT2D eigenvalue weighted by Crippen LogP contribution is 2.40. The Kier molecular flexibility index (Phi) is 8.45. The van der Waals surface area contributed by atoms with Gasteiger partial charge < -0.3 is 19.8 Å². The molecule has 0 saturated carbocycles. The maximum Gasteiger partial charge on any atom is 0.329 e. The van der Waals surface area contributed by atoms with Gasteiger partial charge in [-0.2, -0.15) is 0 Å². The number of aliphatic carboxylic acids is 1. The first-order valence-corrected chi connectivity index (χ1v) is 11.3. The molecular formula is C25H30ClNO7. The fourth-order valence-electron chi connectivity index (χ4n) is 3.79. The van der Waals surface area contributed by atoms with E-state index in [1.54, 1.807) is 12.2 Å². The van der Waals surface area contributed by atoms with Gasteiger partial charge in [-0.05, 0) is 38.8 Å². The molecule has 8 nitrogen and oxygen atoms in total. The lowest BCUT2D eigenvalue weighted by Gasteiger charge is -2.38. The second-order valence-corrected chi connectivity index (χ2v) is 9.06. The molecule has 4 atom stereocenters. The van der Waals surface area contributed by atoms with E-state index in [0.29, 0.717) is 11.6 Å². The van der Waals surface area contributed by atoms with Gasteiger partial charge in [0.25, 0.3) is 0 Å². The Morgan fingerprint density at radius 2 is 1.85 bits per heavy atom. The third kappa shape index (κ3) is 5.39. The largest absolute Gasteiger partial charge is 0.480 e. The topological polar surface area (TPSA) is 121 Å². The van der Waals surface area contributed by atoms with E-state index in [1.165, 1.54) is 24.1 Å². The maximum atomic E-state index is 13.3. The molecule has 0 spiro atoms. The van der Waals surface area contributed by atoms with Crippen LogP contribution in [0.2, 0.25) is 0 Å². The molecule has 0 bridgehead atoms. The van der Waals surface area contributed by atoms with E-state index in [0.717, 1.165) is 25.8 Å². The van der Waals surface area contributed by atoms with Crippen LogP contribution in [-0.4, -0.2) is 56.4 Å². The molecule has 1 aliphatic heterocycles. The van der Waals surface area contributed by atoms with Crippen molar-refractivity contribution in [2.45, 2.75) is 65.7 Å². The molecule has 0 amide bonds. The fraction of sp³-hybridized carbons (Fsp3) is 0.440. The minimum absolute atomic E-state index is 0.0930. The van der Waals surface area contributed by atoms with Crippen LogP contribution in [0.3, 0.4) is 0 Å². The van der Waals surface area contributed by atoms with Gasteiger partial charge in [0.1, 0.15) is 0 Å². The van der Waals surface area contributed by atoms with Crippen molar-refractivity contribution in [1.29, 1.82) is 0 Å². The van der Waals surface area contributed by atoms with Crippen LogP contribution in [0.4, 0.5) is 0 Å². The number of hydrogen-bond donors (Lipinski definition) is 2. The SMILES string of the molecule is CC[C@H](C)/C=C(C)/C=C/C1=CC2=C(Cl)C(=O)[C@](C)(OC(C)=O)C(=O)C2=CN1[C@H](C(=O)O)[C@@H](C)O. The second-order valence-electron chi connectivity index (χ2n) is 8.69. The number of carboxylic acids is 1. The van der Waals surface area contributed by atoms with E-state index < -0.39 is 41.3 Å². The zero-order chi connectivity index (χ0) is 26.0. The molecule has 34 heavy (non-hydrogen) atoms. The van der Waals surface area contributed by atoms with E-state index >= 15 is 0 Å². The summed E-state index contributed by atoms with van der Waals surface area (Å²) < 4.78 is 5.04. The van der Waals surface area contributed by atoms with Crippen LogP contribution in [0.15, 0.2) is 58.0 Å². The van der Waals surface area contributed by atoms with Crippen LogP contribution < -0.4 is 0 Å². The van der Waals surface area contributed by atoms with Crippen molar-refractivity contribution in [3.63, 3.8) is 0 Å². The van der Waals surface area contributed by atoms with Crippen LogP contribution in [0.5, 0.6) is 0 Å².